The number of benzene rings is 2. The van der Waals surface area contributed by atoms with E-state index in [1.807, 2.05) is 44.2 Å². The minimum absolute atomic E-state index is 0.130. The smallest absolute Gasteiger partial charge is 0.344 e. The Morgan fingerprint density at radius 3 is 2.51 bits per heavy atom. The molecule has 1 aromatic heterocycles. The zero-order chi connectivity index (χ0) is 31.3. The van der Waals surface area contributed by atoms with Gasteiger partial charge in [-0.25, -0.2) is 14.6 Å². The van der Waals surface area contributed by atoms with Crippen LogP contribution in [0.25, 0.3) is 6.08 Å². The third-order valence-corrected chi connectivity index (χ3v) is 8.07. The summed E-state index contributed by atoms with van der Waals surface area (Å²) >= 11 is 3.30. The van der Waals surface area contributed by atoms with Crippen molar-refractivity contribution in [2.45, 2.75) is 46.8 Å². The highest BCUT2D eigenvalue weighted by Gasteiger charge is 2.35. The summed E-state index contributed by atoms with van der Waals surface area (Å²) in [6, 6.07) is 10.1. The molecule has 0 radical (unpaired) electrons. The molecule has 0 amide bonds. The van der Waals surface area contributed by atoms with Crippen molar-refractivity contribution in [2.24, 2.45) is 4.99 Å². The molecule has 43 heavy (non-hydrogen) atoms. The SMILES string of the molecule is CCOC(=O)COc1c(I)cc(/C=c2/sc3n(c2=O)[C@H](c2ccccc2OC(C)C)C(C(=O)OCC)=C(C)N=3)cc1OC. The Balaban J connectivity index is 1.86. The highest BCUT2D eigenvalue weighted by atomic mass is 127. The van der Waals surface area contributed by atoms with Crippen LogP contribution in [-0.4, -0.2) is 49.5 Å². The molecular formula is C31H33IN2O8S. The van der Waals surface area contributed by atoms with E-state index in [-0.39, 0.29) is 37.1 Å². The fraction of sp³-hybridized carbons (Fsp3) is 0.355. The van der Waals surface area contributed by atoms with Crippen LogP contribution in [0.15, 0.2) is 57.5 Å². The quantitative estimate of drug-likeness (QED) is 0.215. The predicted octanol–water partition coefficient (Wildman–Crippen LogP) is 4.14. The standard InChI is InChI=1S/C31H33IN2O8S/c1-7-39-25(35)16-41-28-21(32)13-19(14-23(28)38-6)15-24-29(36)34-27(20-11-9-10-12-22(20)42-17(3)4)26(30(37)40-8-2)18(5)33-31(34)43-24/h9-15,17,27H,7-8,16H2,1-6H3/b24-15+/t27-/m1/s1. The zero-order valence-electron chi connectivity index (χ0n) is 24.8. The van der Waals surface area contributed by atoms with E-state index in [2.05, 4.69) is 27.6 Å². The Labute approximate surface area is 266 Å². The number of fused-ring (bicyclic) bond motifs is 1. The maximum absolute atomic E-state index is 14.1. The van der Waals surface area contributed by atoms with Crippen LogP contribution in [0.3, 0.4) is 0 Å². The second-order valence-electron chi connectivity index (χ2n) is 9.63. The van der Waals surface area contributed by atoms with Gasteiger partial charge in [0, 0.05) is 5.56 Å². The Bertz CT molecular complexity index is 1740. The number of esters is 2. The molecule has 0 spiro atoms. The number of nitrogens with zero attached hydrogens (tertiary/aromatic N) is 2. The van der Waals surface area contributed by atoms with E-state index >= 15 is 0 Å². The fourth-order valence-corrected chi connectivity index (χ4v) is 6.43. The van der Waals surface area contributed by atoms with E-state index in [4.69, 9.17) is 23.7 Å². The van der Waals surface area contributed by atoms with E-state index in [0.717, 1.165) is 0 Å². The number of carbonyl (C=O) groups excluding carboxylic acids is 2. The molecular weight excluding hydrogens is 687 g/mol. The number of para-hydroxylation sites is 1. The van der Waals surface area contributed by atoms with Crippen LogP contribution in [0, 0.1) is 3.57 Å². The second-order valence-corrected chi connectivity index (χ2v) is 11.8. The third-order valence-electron chi connectivity index (χ3n) is 6.28. The maximum Gasteiger partial charge on any atom is 0.344 e. The van der Waals surface area contributed by atoms with Gasteiger partial charge in [0.05, 0.1) is 45.8 Å². The van der Waals surface area contributed by atoms with Crippen LogP contribution in [0.2, 0.25) is 0 Å². The van der Waals surface area contributed by atoms with Crippen molar-refractivity contribution in [3.8, 4) is 17.2 Å². The van der Waals surface area contributed by atoms with Crippen molar-refractivity contribution in [3.05, 3.63) is 82.1 Å². The van der Waals surface area contributed by atoms with Crippen molar-refractivity contribution in [1.29, 1.82) is 0 Å². The zero-order valence-corrected chi connectivity index (χ0v) is 27.7. The van der Waals surface area contributed by atoms with Crippen LogP contribution in [0.1, 0.15) is 51.8 Å². The van der Waals surface area contributed by atoms with Gasteiger partial charge in [-0.3, -0.25) is 9.36 Å². The number of allylic oxidation sites excluding steroid dienone is 1. The number of hydrogen-bond acceptors (Lipinski definition) is 10. The molecule has 0 unspecified atom stereocenters. The summed E-state index contributed by atoms with van der Waals surface area (Å²) < 4.78 is 30.3. The van der Waals surface area contributed by atoms with Crippen LogP contribution in [0.4, 0.5) is 0 Å². The van der Waals surface area contributed by atoms with E-state index in [1.54, 1.807) is 32.9 Å². The van der Waals surface area contributed by atoms with Gasteiger partial charge in [0.2, 0.25) is 0 Å². The summed E-state index contributed by atoms with van der Waals surface area (Å²) in [6.45, 7) is 9.20. The average Bonchev–Trinajstić information content (AvgIpc) is 3.25. The van der Waals surface area contributed by atoms with Crippen LogP contribution in [0.5, 0.6) is 17.2 Å². The molecule has 12 heteroatoms. The van der Waals surface area contributed by atoms with Crippen molar-refractivity contribution in [2.75, 3.05) is 26.9 Å². The summed E-state index contributed by atoms with van der Waals surface area (Å²) in [6.07, 6.45) is 1.61. The lowest BCUT2D eigenvalue weighted by molar-refractivity contribution is -0.145. The molecule has 2 aromatic carbocycles. The number of rotatable bonds is 11. The van der Waals surface area contributed by atoms with E-state index in [1.165, 1.54) is 23.0 Å². The molecule has 0 fully saturated rings. The predicted molar refractivity (Wildman–Crippen MR) is 170 cm³/mol. The van der Waals surface area contributed by atoms with Gasteiger partial charge in [0.1, 0.15) is 11.8 Å². The molecule has 1 atom stereocenters. The third kappa shape index (κ3) is 7.12. The van der Waals surface area contributed by atoms with Gasteiger partial charge in [-0.05, 0) is 87.0 Å². The van der Waals surface area contributed by atoms with Gasteiger partial charge < -0.3 is 23.7 Å². The summed E-state index contributed by atoms with van der Waals surface area (Å²) in [5.41, 5.74) is 1.76. The molecule has 0 bridgehead atoms. The van der Waals surface area contributed by atoms with Crippen LogP contribution < -0.4 is 29.1 Å². The van der Waals surface area contributed by atoms with E-state index in [9.17, 15) is 14.4 Å². The number of halogens is 1. The van der Waals surface area contributed by atoms with E-state index < -0.39 is 18.0 Å². The van der Waals surface area contributed by atoms with Crippen molar-refractivity contribution in [1.82, 2.24) is 4.57 Å². The molecule has 0 saturated heterocycles. The van der Waals surface area contributed by atoms with Gasteiger partial charge in [-0.2, -0.15) is 0 Å². The highest BCUT2D eigenvalue weighted by molar-refractivity contribution is 14.1. The van der Waals surface area contributed by atoms with Gasteiger partial charge in [0.25, 0.3) is 5.56 Å². The van der Waals surface area contributed by atoms with Gasteiger partial charge in [-0.1, -0.05) is 29.5 Å². The summed E-state index contributed by atoms with van der Waals surface area (Å²) in [7, 11) is 1.50. The first-order valence-electron chi connectivity index (χ1n) is 13.7. The largest absolute Gasteiger partial charge is 0.493 e. The van der Waals surface area contributed by atoms with Crippen molar-refractivity contribution < 1.29 is 33.3 Å². The minimum atomic E-state index is -0.805. The lowest BCUT2D eigenvalue weighted by atomic mass is 9.95. The molecule has 4 rings (SSSR count). The Morgan fingerprint density at radius 1 is 1.12 bits per heavy atom. The highest BCUT2D eigenvalue weighted by Crippen LogP contribution is 2.37. The molecule has 1 aliphatic heterocycles. The Hall–Kier alpha value is -3.65. The van der Waals surface area contributed by atoms with E-state index in [0.29, 0.717) is 47.0 Å². The maximum atomic E-state index is 14.1. The minimum Gasteiger partial charge on any atom is -0.493 e. The molecule has 10 nitrogen and oxygen atoms in total. The average molecular weight is 721 g/mol. The number of ether oxygens (including phenoxy) is 5. The molecule has 2 heterocycles. The Kier molecular flexibility index (Phi) is 10.7. The molecule has 228 valence electrons. The van der Waals surface area contributed by atoms with Crippen molar-refractivity contribution in [3.63, 3.8) is 0 Å². The van der Waals surface area contributed by atoms with Crippen molar-refractivity contribution >= 4 is 51.9 Å². The normalized spacial score (nSPS) is 14.7. The second kappa shape index (κ2) is 14.2. The number of hydrogen-bond donors (Lipinski definition) is 0. The number of aromatic nitrogens is 1. The topological polar surface area (TPSA) is 115 Å². The van der Waals surface area contributed by atoms with Crippen LogP contribution >= 0.6 is 33.9 Å². The van der Waals surface area contributed by atoms with Gasteiger partial charge in [-0.15, -0.1) is 0 Å². The van der Waals surface area contributed by atoms with Crippen LogP contribution in [-0.2, 0) is 19.1 Å². The van der Waals surface area contributed by atoms with Gasteiger partial charge in [0.15, 0.2) is 22.9 Å². The Morgan fingerprint density at radius 2 is 1.84 bits per heavy atom. The lowest BCUT2D eigenvalue weighted by Crippen LogP contribution is -2.40. The first kappa shape index (κ1) is 32.3. The summed E-state index contributed by atoms with van der Waals surface area (Å²) in [5, 5.41) is 0. The first-order chi connectivity index (χ1) is 20.6. The number of thiazole rings is 1. The molecule has 0 N–H and O–H groups in total. The number of methoxy groups -OCH3 is 1. The molecule has 1 aliphatic rings. The fourth-order valence-electron chi connectivity index (χ4n) is 4.60. The number of carbonyl (C=O) groups is 2. The molecule has 0 saturated carbocycles. The molecule has 0 aliphatic carbocycles. The lowest BCUT2D eigenvalue weighted by Gasteiger charge is -2.26. The summed E-state index contributed by atoms with van der Waals surface area (Å²) in [5.74, 6) is 0.323. The monoisotopic (exact) mass is 720 g/mol. The first-order valence-corrected chi connectivity index (χ1v) is 15.6. The summed E-state index contributed by atoms with van der Waals surface area (Å²) in [4.78, 5) is 44.2. The molecule has 3 aromatic rings. The van der Waals surface area contributed by atoms with Gasteiger partial charge >= 0.3 is 11.9 Å².